The number of carbonyl (C=O) groups is 1. The summed E-state index contributed by atoms with van der Waals surface area (Å²) in [6.45, 7) is 6.31. The van der Waals surface area contributed by atoms with Crippen molar-refractivity contribution in [2.75, 3.05) is 6.54 Å². The second-order valence-corrected chi connectivity index (χ2v) is 6.75. The van der Waals surface area contributed by atoms with Crippen LogP contribution < -0.4 is 10.6 Å². The van der Waals surface area contributed by atoms with Gasteiger partial charge in [0.25, 0.3) is 0 Å². The van der Waals surface area contributed by atoms with Crippen LogP contribution in [-0.4, -0.2) is 24.5 Å². The molecule has 1 aromatic rings. The molecule has 2 unspecified atom stereocenters. The summed E-state index contributed by atoms with van der Waals surface area (Å²) in [5, 5.41) is 6.20. The number of rotatable bonds is 4. The minimum atomic E-state index is -4.39. The summed E-state index contributed by atoms with van der Waals surface area (Å²) < 4.78 is 39.5. The van der Waals surface area contributed by atoms with E-state index in [1.165, 1.54) is 12.1 Å². The molecule has 1 saturated heterocycles. The minimum absolute atomic E-state index is 0.0628. The predicted molar refractivity (Wildman–Crippen MR) is 87.7 cm³/mol. The van der Waals surface area contributed by atoms with Gasteiger partial charge in [-0.2, -0.15) is 13.2 Å². The molecule has 0 saturated carbocycles. The minimum Gasteiger partial charge on any atom is -0.353 e. The van der Waals surface area contributed by atoms with Crippen LogP contribution >= 0.6 is 0 Å². The van der Waals surface area contributed by atoms with E-state index >= 15 is 0 Å². The highest BCUT2D eigenvalue weighted by Gasteiger charge is 2.35. The van der Waals surface area contributed by atoms with E-state index in [1.807, 2.05) is 6.92 Å². The van der Waals surface area contributed by atoms with Gasteiger partial charge < -0.3 is 10.6 Å². The first-order valence-electron chi connectivity index (χ1n) is 8.40. The molecule has 3 nitrogen and oxygen atoms in total. The molecule has 0 radical (unpaired) electrons. The Balaban J connectivity index is 2.07. The lowest BCUT2D eigenvalue weighted by Gasteiger charge is -2.30. The van der Waals surface area contributed by atoms with Crippen molar-refractivity contribution in [2.45, 2.75) is 57.8 Å². The van der Waals surface area contributed by atoms with Crippen LogP contribution in [0.4, 0.5) is 13.2 Å². The molecule has 4 atom stereocenters. The third-order valence-corrected chi connectivity index (χ3v) is 4.87. The number of hydrogen-bond donors (Lipinski definition) is 2. The molecular formula is C18H25F3N2O. The van der Waals surface area contributed by atoms with E-state index in [2.05, 4.69) is 10.6 Å². The van der Waals surface area contributed by atoms with Gasteiger partial charge >= 0.3 is 6.18 Å². The summed E-state index contributed by atoms with van der Waals surface area (Å²) in [7, 11) is 0. The van der Waals surface area contributed by atoms with Gasteiger partial charge in [0.2, 0.25) is 5.91 Å². The van der Waals surface area contributed by atoms with E-state index in [4.69, 9.17) is 0 Å². The number of halogens is 3. The van der Waals surface area contributed by atoms with E-state index in [1.54, 1.807) is 19.9 Å². The third kappa shape index (κ3) is 4.50. The second kappa shape index (κ2) is 7.55. The molecule has 1 heterocycles. The van der Waals surface area contributed by atoms with Gasteiger partial charge in [0.15, 0.2) is 0 Å². The molecule has 24 heavy (non-hydrogen) atoms. The normalized spacial score (nSPS) is 24.2. The highest BCUT2D eigenvalue weighted by Crippen LogP contribution is 2.36. The van der Waals surface area contributed by atoms with Crippen molar-refractivity contribution in [3.05, 3.63) is 35.4 Å². The van der Waals surface area contributed by atoms with Crippen LogP contribution in [0.1, 0.15) is 50.7 Å². The van der Waals surface area contributed by atoms with E-state index in [0.717, 1.165) is 25.5 Å². The number of alkyl halides is 3. The first kappa shape index (κ1) is 18.8. The zero-order valence-corrected chi connectivity index (χ0v) is 14.3. The lowest BCUT2D eigenvalue weighted by molar-refractivity contribution is -0.138. The fourth-order valence-corrected chi connectivity index (χ4v) is 3.26. The van der Waals surface area contributed by atoms with Gasteiger partial charge in [-0.25, -0.2) is 0 Å². The van der Waals surface area contributed by atoms with Gasteiger partial charge in [0, 0.05) is 23.9 Å². The lowest BCUT2D eigenvalue weighted by atomic mass is 9.88. The van der Waals surface area contributed by atoms with E-state index in [9.17, 15) is 18.0 Å². The van der Waals surface area contributed by atoms with Crippen LogP contribution in [0.15, 0.2) is 24.3 Å². The van der Waals surface area contributed by atoms with Crippen LogP contribution in [0.25, 0.3) is 0 Å². The SMILES string of the molecule is CC(NC(=O)[C@H]1CCN[C@@H](C)C1)C(C)c1ccccc1C(F)(F)F. The zero-order valence-electron chi connectivity index (χ0n) is 14.3. The average Bonchev–Trinajstić information content (AvgIpc) is 2.53. The highest BCUT2D eigenvalue weighted by molar-refractivity contribution is 5.79. The Morgan fingerprint density at radius 2 is 1.96 bits per heavy atom. The summed E-state index contributed by atoms with van der Waals surface area (Å²) >= 11 is 0. The summed E-state index contributed by atoms with van der Waals surface area (Å²) in [6, 6.07) is 5.49. The molecule has 6 heteroatoms. The van der Waals surface area contributed by atoms with E-state index in [-0.39, 0.29) is 29.5 Å². The average molecular weight is 342 g/mol. The van der Waals surface area contributed by atoms with Crippen molar-refractivity contribution in [2.24, 2.45) is 5.92 Å². The Kier molecular flexibility index (Phi) is 5.91. The first-order valence-corrected chi connectivity index (χ1v) is 8.40. The summed E-state index contributed by atoms with van der Waals surface area (Å²) in [5.41, 5.74) is -0.412. The molecule has 2 rings (SSSR count). The Hall–Kier alpha value is -1.56. The molecule has 134 valence electrons. The van der Waals surface area contributed by atoms with Crippen LogP contribution in [0.3, 0.4) is 0 Å². The summed E-state index contributed by atoms with van der Waals surface area (Å²) in [4.78, 5) is 12.4. The number of amides is 1. The Labute approximate surface area is 141 Å². The number of nitrogens with one attached hydrogen (secondary N) is 2. The van der Waals surface area contributed by atoms with Crippen molar-refractivity contribution in [1.29, 1.82) is 0 Å². The fraction of sp³-hybridized carbons (Fsp3) is 0.611. The number of piperidine rings is 1. The van der Waals surface area contributed by atoms with Crippen LogP contribution in [0, 0.1) is 5.92 Å². The molecule has 1 aromatic carbocycles. The van der Waals surface area contributed by atoms with Crippen molar-refractivity contribution in [3.8, 4) is 0 Å². The van der Waals surface area contributed by atoms with Gasteiger partial charge in [0.1, 0.15) is 0 Å². The van der Waals surface area contributed by atoms with E-state index in [0.29, 0.717) is 0 Å². The Morgan fingerprint density at radius 1 is 1.29 bits per heavy atom. The van der Waals surface area contributed by atoms with Crippen molar-refractivity contribution >= 4 is 5.91 Å². The van der Waals surface area contributed by atoms with Crippen molar-refractivity contribution < 1.29 is 18.0 Å². The first-order chi connectivity index (χ1) is 11.2. The van der Waals surface area contributed by atoms with Gasteiger partial charge in [-0.15, -0.1) is 0 Å². The van der Waals surface area contributed by atoms with Crippen LogP contribution in [0.2, 0.25) is 0 Å². The van der Waals surface area contributed by atoms with E-state index < -0.39 is 17.7 Å². The van der Waals surface area contributed by atoms with Crippen LogP contribution in [-0.2, 0) is 11.0 Å². The largest absolute Gasteiger partial charge is 0.416 e. The molecule has 1 aliphatic rings. The molecule has 2 N–H and O–H groups in total. The number of benzene rings is 1. The molecular weight excluding hydrogens is 317 g/mol. The summed E-state index contributed by atoms with van der Waals surface area (Å²) in [6.07, 6.45) is -2.87. The van der Waals surface area contributed by atoms with Crippen LogP contribution in [0.5, 0.6) is 0 Å². The molecule has 0 spiro atoms. The summed E-state index contributed by atoms with van der Waals surface area (Å²) in [5.74, 6) is -0.563. The van der Waals surface area contributed by atoms with Crippen molar-refractivity contribution in [3.63, 3.8) is 0 Å². The molecule has 1 fully saturated rings. The zero-order chi connectivity index (χ0) is 17.9. The van der Waals surface area contributed by atoms with Crippen molar-refractivity contribution in [1.82, 2.24) is 10.6 Å². The Morgan fingerprint density at radius 3 is 2.58 bits per heavy atom. The molecule has 1 amide bonds. The monoisotopic (exact) mass is 342 g/mol. The molecule has 1 aliphatic heterocycles. The number of carbonyl (C=O) groups excluding carboxylic acids is 1. The molecule has 0 aliphatic carbocycles. The maximum absolute atomic E-state index is 13.2. The maximum atomic E-state index is 13.2. The predicted octanol–water partition coefficient (Wildman–Crippen LogP) is 3.70. The standard InChI is InChI=1S/C18H25F3N2O/c1-11-10-14(8-9-22-11)17(24)23-13(3)12(2)15-6-4-5-7-16(15)18(19,20)21/h4-7,11-14,22H,8-10H2,1-3H3,(H,23,24)/t11-,12?,13?,14-/m0/s1. The smallest absolute Gasteiger partial charge is 0.353 e. The van der Waals surface area contributed by atoms with Gasteiger partial charge in [0.05, 0.1) is 5.56 Å². The molecule has 0 aromatic heterocycles. The second-order valence-electron chi connectivity index (χ2n) is 6.75. The molecule has 0 bridgehead atoms. The van der Waals surface area contributed by atoms with Gasteiger partial charge in [-0.1, -0.05) is 25.1 Å². The third-order valence-electron chi connectivity index (χ3n) is 4.87. The Bertz CT molecular complexity index is 574. The quantitative estimate of drug-likeness (QED) is 0.876. The maximum Gasteiger partial charge on any atom is 0.416 e. The van der Waals surface area contributed by atoms with Gasteiger partial charge in [-0.3, -0.25) is 4.79 Å². The lowest BCUT2D eigenvalue weighted by Crippen LogP contribution is -2.45. The number of hydrogen-bond acceptors (Lipinski definition) is 2. The highest BCUT2D eigenvalue weighted by atomic mass is 19.4. The van der Waals surface area contributed by atoms with Gasteiger partial charge in [-0.05, 0) is 44.9 Å². The topological polar surface area (TPSA) is 41.1 Å². The fourth-order valence-electron chi connectivity index (χ4n) is 3.26.